The lowest BCUT2D eigenvalue weighted by atomic mass is 10.1. The van der Waals surface area contributed by atoms with Crippen LogP contribution in [0.2, 0.25) is 5.02 Å². The van der Waals surface area contributed by atoms with Crippen molar-refractivity contribution >= 4 is 35.0 Å². The van der Waals surface area contributed by atoms with Gasteiger partial charge in [0.05, 0.1) is 42.9 Å². The molecule has 1 aliphatic rings. The van der Waals surface area contributed by atoms with Crippen molar-refractivity contribution in [1.29, 1.82) is 0 Å². The van der Waals surface area contributed by atoms with Crippen molar-refractivity contribution in [2.24, 2.45) is 0 Å². The van der Waals surface area contributed by atoms with Gasteiger partial charge in [-0.3, -0.25) is 4.79 Å². The lowest BCUT2D eigenvalue weighted by Crippen LogP contribution is -2.58. The molecule has 32 heavy (non-hydrogen) atoms. The van der Waals surface area contributed by atoms with E-state index in [-0.39, 0.29) is 5.91 Å². The van der Waals surface area contributed by atoms with Gasteiger partial charge in [-0.05, 0) is 43.9 Å². The highest BCUT2D eigenvalue weighted by atomic mass is 35.7. The Morgan fingerprint density at radius 2 is 1.78 bits per heavy atom. The van der Waals surface area contributed by atoms with E-state index in [1.165, 1.54) is 11.8 Å². The molecule has 2 aromatic rings. The fourth-order valence-corrected chi connectivity index (χ4v) is 4.58. The minimum absolute atomic E-state index is 0.314. The predicted molar refractivity (Wildman–Crippen MR) is 112 cm³/mol. The number of rotatable bonds is 5. The van der Waals surface area contributed by atoms with Crippen LogP contribution in [0.3, 0.4) is 0 Å². The SMILES string of the molecule is COc1ccc([C@H]2Sc3c(Cl)cccc3N(CCN(C)C)C(=O)[C@H]2O)cc1.[O-][Cl+3]([O-])([O-])O. The molecule has 0 saturated heterocycles. The third kappa shape index (κ3) is 7.48. The van der Waals surface area contributed by atoms with E-state index in [1.807, 2.05) is 61.5 Å². The molecule has 3 rings (SSSR count). The van der Waals surface area contributed by atoms with Gasteiger partial charge < -0.3 is 19.6 Å². The van der Waals surface area contributed by atoms with E-state index in [2.05, 4.69) is 0 Å². The number of amides is 1. The van der Waals surface area contributed by atoms with Crippen LogP contribution in [0.25, 0.3) is 0 Å². The number of anilines is 1. The van der Waals surface area contributed by atoms with Gasteiger partial charge in [-0.15, -0.1) is 11.8 Å². The van der Waals surface area contributed by atoms with Crippen LogP contribution in [0, 0.1) is 10.2 Å². The minimum Gasteiger partial charge on any atom is -0.497 e. The second kappa shape index (κ2) is 11.5. The summed E-state index contributed by atoms with van der Waals surface area (Å²) in [5.74, 6) is 0.412. The molecule has 2 aromatic carbocycles. The minimum atomic E-state index is -4.69. The van der Waals surface area contributed by atoms with E-state index < -0.39 is 21.6 Å². The first-order valence-electron chi connectivity index (χ1n) is 9.29. The number of methoxy groups -OCH3 is 1. The first kappa shape index (κ1) is 26.7. The summed E-state index contributed by atoms with van der Waals surface area (Å²) in [5.41, 5.74) is 1.59. The number of thioether (sulfide) groups is 1. The molecule has 12 heteroatoms. The van der Waals surface area contributed by atoms with Crippen molar-refractivity contribution in [2.75, 3.05) is 39.2 Å². The highest BCUT2D eigenvalue weighted by Crippen LogP contribution is 2.48. The Labute approximate surface area is 197 Å². The van der Waals surface area contributed by atoms with Gasteiger partial charge in [0.1, 0.15) is 11.9 Å². The summed E-state index contributed by atoms with van der Waals surface area (Å²) in [7, 11) is 0.811. The topological polar surface area (TPSA) is 142 Å². The summed E-state index contributed by atoms with van der Waals surface area (Å²) in [5, 5.41) is 11.0. The van der Waals surface area contributed by atoms with Crippen LogP contribution in [0.5, 0.6) is 5.75 Å². The summed E-state index contributed by atoms with van der Waals surface area (Å²) in [4.78, 5) is 17.6. The molecular formula is C20H24Cl2N2O7S. The van der Waals surface area contributed by atoms with Crippen molar-refractivity contribution in [3.05, 3.63) is 53.1 Å². The van der Waals surface area contributed by atoms with Gasteiger partial charge in [0.15, 0.2) is 0 Å². The number of likely N-dealkylation sites (N-methyl/N-ethyl adjacent to an activating group) is 1. The third-order valence-corrected chi connectivity index (χ3v) is 6.38. The maximum atomic E-state index is 13.1. The normalized spacial score (nSPS) is 18.6. The summed E-state index contributed by atoms with van der Waals surface area (Å²) in [6.45, 7) is 1.16. The van der Waals surface area contributed by atoms with E-state index in [4.69, 9.17) is 35.0 Å². The smallest absolute Gasteiger partial charge is 0.257 e. The molecule has 2 atom stereocenters. The van der Waals surface area contributed by atoms with Crippen LogP contribution < -0.4 is 23.6 Å². The number of carbonyl (C=O) groups is 1. The number of halogens is 2. The zero-order valence-electron chi connectivity index (χ0n) is 17.6. The van der Waals surface area contributed by atoms with Gasteiger partial charge in [-0.25, -0.2) is 0 Å². The van der Waals surface area contributed by atoms with Crippen LogP contribution in [-0.4, -0.2) is 61.0 Å². The summed E-state index contributed by atoms with van der Waals surface area (Å²) >= 11 is 7.89. The highest BCUT2D eigenvalue weighted by molar-refractivity contribution is 8.00. The number of aliphatic hydroxyl groups excluding tert-OH is 1. The average Bonchev–Trinajstić information content (AvgIpc) is 2.81. The number of benzene rings is 2. The Bertz CT molecular complexity index is 904. The van der Waals surface area contributed by atoms with Gasteiger partial charge >= 0.3 is 0 Å². The second-order valence-electron chi connectivity index (χ2n) is 7.03. The lowest BCUT2D eigenvalue weighted by Gasteiger charge is -2.26. The molecule has 0 saturated carbocycles. The van der Waals surface area contributed by atoms with Crippen molar-refractivity contribution in [3.63, 3.8) is 0 Å². The Hall–Kier alpha value is -1.60. The van der Waals surface area contributed by atoms with E-state index in [1.54, 1.807) is 12.0 Å². The Morgan fingerprint density at radius 3 is 2.31 bits per heavy atom. The molecule has 0 unspecified atom stereocenters. The molecule has 0 bridgehead atoms. The predicted octanol–water partition coefficient (Wildman–Crippen LogP) is -0.673. The number of nitrogens with zero attached hydrogens (tertiary/aromatic N) is 2. The van der Waals surface area contributed by atoms with Crippen LogP contribution in [0.4, 0.5) is 5.69 Å². The van der Waals surface area contributed by atoms with Crippen molar-refractivity contribution in [1.82, 2.24) is 4.90 Å². The number of fused-ring (bicyclic) bond motifs is 1. The van der Waals surface area contributed by atoms with E-state index >= 15 is 0 Å². The summed E-state index contributed by atoms with van der Waals surface area (Å²) in [6, 6.07) is 12.9. The van der Waals surface area contributed by atoms with Gasteiger partial charge in [-0.1, -0.05) is 29.8 Å². The number of aliphatic hydroxyl groups is 1. The first-order valence-corrected chi connectivity index (χ1v) is 11.8. The van der Waals surface area contributed by atoms with E-state index in [0.29, 0.717) is 18.1 Å². The number of carbonyl (C=O) groups excluding carboxylic acids is 1. The van der Waals surface area contributed by atoms with Crippen LogP contribution in [0.15, 0.2) is 47.4 Å². The molecule has 0 radical (unpaired) electrons. The van der Waals surface area contributed by atoms with Crippen LogP contribution in [0.1, 0.15) is 10.8 Å². The fourth-order valence-electron chi connectivity index (χ4n) is 3.00. The van der Waals surface area contributed by atoms with Crippen LogP contribution >= 0.6 is 23.4 Å². The second-order valence-corrected chi connectivity index (χ2v) is 9.38. The number of hydrogen-bond donors (Lipinski definition) is 2. The van der Waals surface area contributed by atoms with E-state index in [9.17, 15) is 9.90 Å². The molecular weight excluding hydrogens is 483 g/mol. The number of ether oxygens (including phenoxy) is 1. The van der Waals surface area contributed by atoms with Gasteiger partial charge in [0, 0.05) is 13.1 Å². The highest BCUT2D eigenvalue weighted by Gasteiger charge is 2.38. The molecule has 176 valence electrons. The van der Waals surface area contributed by atoms with E-state index in [0.717, 1.165) is 21.9 Å². The Kier molecular flexibility index (Phi) is 9.58. The molecule has 0 aliphatic carbocycles. The largest absolute Gasteiger partial charge is 0.497 e. The van der Waals surface area contributed by atoms with Gasteiger partial charge in [0.25, 0.3) is 5.91 Å². The zero-order valence-corrected chi connectivity index (χ0v) is 19.9. The van der Waals surface area contributed by atoms with Crippen molar-refractivity contribution in [2.45, 2.75) is 16.2 Å². The summed E-state index contributed by atoms with van der Waals surface area (Å²) < 4.78 is 37.9. The maximum absolute atomic E-state index is 13.1. The molecule has 1 heterocycles. The van der Waals surface area contributed by atoms with Gasteiger partial charge in [0.2, 0.25) is 0 Å². The Morgan fingerprint density at radius 1 is 1.19 bits per heavy atom. The molecule has 2 N–H and O–H groups in total. The quantitative estimate of drug-likeness (QED) is 0.539. The summed E-state index contributed by atoms with van der Waals surface area (Å²) in [6.07, 6.45) is -1.17. The van der Waals surface area contributed by atoms with Gasteiger partial charge in [-0.2, -0.15) is 14.0 Å². The molecule has 0 spiro atoms. The molecule has 1 aliphatic heterocycles. The monoisotopic (exact) mass is 506 g/mol. The molecule has 9 nitrogen and oxygen atoms in total. The molecule has 1 amide bonds. The van der Waals surface area contributed by atoms with Crippen molar-refractivity contribution in [3.8, 4) is 5.75 Å². The molecule has 0 aromatic heterocycles. The zero-order chi connectivity index (χ0) is 24.1. The standard InChI is InChI=1S/C20H23ClN2O3S.ClHO4/c1-22(2)11-12-23-16-6-4-5-15(21)19(16)27-18(17(24)20(23)25)13-7-9-14(26-3)10-8-13;2-1(3,4)5/h4-10,17-18,24H,11-12H2,1-3H3;(H,2,3,4,5)/t17-,18+;/m0./s1. The van der Waals surface area contributed by atoms with Crippen molar-refractivity contribution < 1.29 is 43.5 Å². The number of hydrogen-bond acceptors (Lipinski definition) is 9. The third-order valence-electron chi connectivity index (χ3n) is 4.50. The Balaban J connectivity index is 0.000000654. The van der Waals surface area contributed by atoms with Crippen LogP contribution in [-0.2, 0) is 4.79 Å². The fraction of sp³-hybridized carbons (Fsp3) is 0.350. The average molecular weight is 507 g/mol. The lowest BCUT2D eigenvalue weighted by molar-refractivity contribution is -1.92. The first-order chi connectivity index (χ1) is 14.9. The molecule has 0 fully saturated rings. The maximum Gasteiger partial charge on any atom is 0.257 e.